The van der Waals surface area contributed by atoms with Crippen LogP contribution in [0.2, 0.25) is 0 Å². The van der Waals surface area contributed by atoms with Crippen molar-refractivity contribution >= 4 is 39.2 Å². The fraction of sp³-hybridized carbons (Fsp3) is 0.250. The third kappa shape index (κ3) is 2.71. The van der Waals surface area contributed by atoms with Gasteiger partial charge < -0.3 is 14.3 Å². The van der Waals surface area contributed by atoms with Crippen molar-refractivity contribution in [3.63, 3.8) is 0 Å². The van der Waals surface area contributed by atoms with Gasteiger partial charge in [0.25, 0.3) is 0 Å². The second kappa shape index (κ2) is 5.77. The molecule has 0 aliphatic heterocycles. The fourth-order valence-corrected chi connectivity index (χ4v) is 2.34. The summed E-state index contributed by atoms with van der Waals surface area (Å²) in [5.41, 5.74) is 1.54. The van der Waals surface area contributed by atoms with Crippen molar-refractivity contribution in [2.75, 3.05) is 13.2 Å². The Balaban J connectivity index is 2.32. The quantitative estimate of drug-likeness (QED) is 0.513. The van der Waals surface area contributed by atoms with Crippen molar-refractivity contribution in [1.82, 2.24) is 9.55 Å². The Bertz CT molecular complexity index is 635. The van der Waals surface area contributed by atoms with E-state index in [1.165, 1.54) is 6.07 Å². The maximum absolute atomic E-state index is 13.5. The van der Waals surface area contributed by atoms with Crippen molar-refractivity contribution in [3.05, 3.63) is 39.8 Å². The molecule has 6 heteroatoms. The maximum Gasteiger partial charge on any atom is 0.178 e. The van der Waals surface area contributed by atoms with E-state index in [4.69, 9.17) is 17.0 Å². The number of benzene rings is 1. The number of ether oxygens (including phenoxy) is 1. The number of imidazole rings is 1. The van der Waals surface area contributed by atoms with Gasteiger partial charge in [-0.2, -0.15) is 0 Å². The highest BCUT2D eigenvalue weighted by molar-refractivity contribution is 9.10. The van der Waals surface area contributed by atoms with Crippen LogP contribution >= 0.6 is 28.1 Å². The molecule has 0 fully saturated rings. The number of aromatic amines is 1. The molecule has 1 N–H and O–H groups in total. The Kier molecular flexibility index (Phi) is 4.31. The summed E-state index contributed by atoms with van der Waals surface area (Å²) in [6.45, 7) is 5.15. The van der Waals surface area contributed by atoms with Crippen LogP contribution < -0.4 is 0 Å². The largest absolute Gasteiger partial charge is 0.376 e. The fourth-order valence-electron chi connectivity index (χ4n) is 1.70. The first kappa shape index (κ1) is 13.5. The summed E-state index contributed by atoms with van der Waals surface area (Å²) in [4.78, 5) is 3.04. The zero-order valence-corrected chi connectivity index (χ0v) is 12.0. The highest BCUT2D eigenvalue weighted by Gasteiger charge is 2.08. The summed E-state index contributed by atoms with van der Waals surface area (Å²) >= 11 is 8.36. The summed E-state index contributed by atoms with van der Waals surface area (Å²) in [6, 6.07) is 3.14. The van der Waals surface area contributed by atoms with E-state index in [0.717, 1.165) is 11.0 Å². The van der Waals surface area contributed by atoms with Crippen molar-refractivity contribution in [2.24, 2.45) is 0 Å². The standard InChI is InChI=1S/C12H12BrFN2OS/c1-2-4-17-5-3-16-11-7-9(14)8(13)6-10(11)15-12(16)18/h2,6-7H,1,3-5H2,(H,15,18). The molecule has 3 nitrogen and oxygen atoms in total. The Labute approximate surface area is 117 Å². The number of hydrogen-bond donors (Lipinski definition) is 1. The minimum Gasteiger partial charge on any atom is -0.376 e. The van der Waals surface area contributed by atoms with E-state index in [9.17, 15) is 4.39 Å². The van der Waals surface area contributed by atoms with Gasteiger partial charge >= 0.3 is 0 Å². The molecule has 1 heterocycles. The zero-order chi connectivity index (χ0) is 13.1. The van der Waals surface area contributed by atoms with Gasteiger partial charge in [0.15, 0.2) is 4.77 Å². The van der Waals surface area contributed by atoms with Gasteiger partial charge in [0.2, 0.25) is 0 Å². The highest BCUT2D eigenvalue weighted by atomic mass is 79.9. The van der Waals surface area contributed by atoms with Crippen LogP contribution in [-0.4, -0.2) is 22.8 Å². The van der Waals surface area contributed by atoms with E-state index in [2.05, 4.69) is 27.5 Å². The van der Waals surface area contributed by atoms with Crippen LogP contribution in [0.25, 0.3) is 11.0 Å². The Morgan fingerprint density at radius 2 is 2.33 bits per heavy atom. The third-order valence-corrected chi connectivity index (χ3v) is 3.44. The molecule has 0 amide bonds. The molecule has 2 rings (SSSR count). The van der Waals surface area contributed by atoms with Crippen LogP contribution in [0.3, 0.4) is 0 Å². The van der Waals surface area contributed by atoms with Crippen molar-refractivity contribution in [2.45, 2.75) is 6.54 Å². The van der Waals surface area contributed by atoms with Gasteiger partial charge in [0.05, 0.1) is 28.7 Å². The van der Waals surface area contributed by atoms with Crippen LogP contribution in [-0.2, 0) is 11.3 Å². The molecule has 0 aliphatic rings. The lowest BCUT2D eigenvalue weighted by Gasteiger charge is -2.05. The number of aromatic nitrogens is 2. The number of fused-ring (bicyclic) bond motifs is 1. The molecule has 1 aromatic heterocycles. The van der Waals surface area contributed by atoms with Gasteiger partial charge in [-0.25, -0.2) is 4.39 Å². The van der Waals surface area contributed by atoms with E-state index in [0.29, 0.717) is 29.0 Å². The van der Waals surface area contributed by atoms with Crippen LogP contribution in [0.1, 0.15) is 0 Å². The Hall–Kier alpha value is -0.980. The molecule has 0 saturated heterocycles. The van der Waals surface area contributed by atoms with Crippen LogP contribution in [0, 0.1) is 10.6 Å². The van der Waals surface area contributed by atoms with Crippen LogP contribution in [0.4, 0.5) is 4.39 Å². The van der Waals surface area contributed by atoms with E-state index >= 15 is 0 Å². The predicted molar refractivity (Wildman–Crippen MR) is 75.8 cm³/mol. The van der Waals surface area contributed by atoms with Gasteiger partial charge in [-0.15, -0.1) is 6.58 Å². The maximum atomic E-state index is 13.5. The van der Waals surface area contributed by atoms with Gasteiger partial charge in [0, 0.05) is 12.6 Å². The molecule has 18 heavy (non-hydrogen) atoms. The van der Waals surface area contributed by atoms with Crippen molar-refractivity contribution < 1.29 is 9.13 Å². The Morgan fingerprint density at radius 3 is 3.06 bits per heavy atom. The van der Waals surface area contributed by atoms with Gasteiger partial charge in [-0.3, -0.25) is 0 Å². The summed E-state index contributed by atoms with van der Waals surface area (Å²) in [5.74, 6) is -0.308. The lowest BCUT2D eigenvalue weighted by molar-refractivity contribution is 0.154. The highest BCUT2D eigenvalue weighted by Crippen LogP contribution is 2.23. The lowest BCUT2D eigenvalue weighted by atomic mass is 10.3. The number of rotatable bonds is 5. The molecular weight excluding hydrogens is 319 g/mol. The van der Waals surface area contributed by atoms with E-state index in [-0.39, 0.29) is 5.82 Å². The first-order chi connectivity index (χ1) is 8.63. The molecule has 2 aromatic rings. The first-order valence-electron chi connectivity index (χ1n) is 5.39. The number of halogens is 2. The second-order valence-corrected chi connectivity index (χ2v) is 4.97. The van der Waals surface area contributed by atoms with E-state index in [1.807, 2.05) is 4.57 Å². The average Bonchev–Trinajstić information content (AvgIpc) is 2.62. The molecule has 0 aliphatic carbocycles. The predicted octanol–water partition coefficient (Wildman–Crippen LogP) is 3.80. The van der Waals surface area contributed by atoms with Crippen molar-refractivity contribution in [3.8, 4) is 0 Å². The minimum atomic E-state index is -0.308. The zero-order valence-electron chi connectivity index (χ0n) is 9.58. The molecule has 0 atom stereocenters. The lowest BCUT2D eigenvalue weighted by Crippen LogP contribution is -2.06. The van der Waals surface area contributed by atoms with Crippen LogP contribution in [0.5, 0.6) is 0 Å². The average molecular weight is 331 g/mol. The SMILES string of the molecule is C=CCOCCn1c(=S)[nH]c2cc(Br)c(F)cc21. The third-order valence-electron chi connectivity index (χ3n) is 2.51. The molecule has 0 unspecified atom stereocenters. The summed E-state index contributed by atoms with van der Waals surface area (Å²) in [6.07, 6.45) is 1.69. The molecule has 96 valence electrons. The summed E-state index contributed by atoms with van der Waals surface area (Å²) in [5, 5.41) is 0. The summed E-state index contributed by atoms with van der Waals surface area (Å²) < 4.78 is 21.6. The Morgan fingerprint density at radius 1 is 1.56 bits per heavy atom. The second-order valence-electron chi connectivity index (χ2n) is 3.73. The van der Waals surface area contributed by atoms with Gasteiger partial charge in [0.1, 0.15) is 5.82 Å². The summed E-state index contributed by atoms with van der Waals surface area (Å²) in [7, 11) is 0. The minimum absolute atomic E-state index is 0.308. The molecule has 1 aromatic carbocycles. The molecule has 0 bridgehead atoms. The number of nitrogens with one attached hydrogen (secondary N) is 1. The molecule has 0 saturated carbocycles. The number of nitrogens with zero attached hydrogens (tertiary/aromatic N) is 1. The van der Waals surface area contributed by atoms with E-state index in [1.54, 1.807) is 12.1 Å². The van der Waals surface area contributed by atoms with E-state index < -0.39 is 0 Å². The van der Waals surface area contributed by atoms with Gasteiger partial charge in [-0.1, -0.05) is 6.08 Å². The smallest absolute Gasteiger partial charge is 0.178 e. The topological polar surface area (TPSA) is 29.9 Å². The monoisotopic (exact) mass is 330 g/mol. The molecule has 0 radical (unpaired) electrons. The first-order valence-corrected chi connectivity index (χ1v) is 6.60. The number of H-pyrrole nitrogens is 1. The van der Waals surface area contributed by atoms with Crippen LogP contribution in [0.15, 0.2) is 29.3 Å². The normalized spacial score (nSPS) is 11.0. The molecule has 0 spiro atoms. The van der Waals surface area contributed by atoms with Gasteiger partial charge in [-0.05, 0) is 34.2 Å². The molecular formula is C12H12BrFN2OS. The number of hydrogen-bond acceptors (Lipinski definition) is 2. The van der Waals surface area contributed by atoms with Crippen molar-refractivity contribution in [1.29, 1.82) is 0 Å².